The van der Waals surface area contributed by atoms with Crippen molar-refractivity contribution in [3.05, 3.63) is 90.2 Å². The van der Waals surface area contributed by atoms with Gasteiger partial charge in [-0.05, 0) is 31.5 Å². The molecule has 5 aromatic rings. The molecule has 2 heterocycles. The predicted molar refractivity (Wildman–Crippen MR) is 131 cm³/mol. The summed E-state index contributed by atoms with van der Waals surface area (Å²) in [5.74, 6) is -0.0625. The van der Waals surface area contributed by atoms with Crippen molar-refractivity contribution in [3.63, 3.8) is 0 Å². The summed E-state index contributed by atoms with van der Waals surface area (Å²) in [7, 11) is 0. The van der Waals surface area contributed by atoms with Gasteiger partial charge in [-0.25, -0.2) is 5.26 Å². The van der Waals surface area contributed by atoms with Crippen molar-refractivity contribution in [2.45, 2.75) is 13.8 Å². The summed E-state index contributed by atoms with van der Waals surface area (Å²) < 4.78 is 2.42. The van der Waals surface area contributed by atoms with Crippen LogP contribution in [0.2, 0.25) is 0 Å². The van der Waals surface area contributed by atoms with Crippen molar-refractivity contribution in [3.8, 4) is 17.3 Å². The number of rotatable bonds is 2. The first-order valence-electron chi connectivity index (χ1n) is 9.98. The number of aliphatic hydroxyl groups excluding tert-OH is 1. The SMILES string of the molecule is CC(=O)/C=C(/C)O.N#Cc1c[c-]c(-c2nc3ccccc3c3c2sc2ccccc23)cc1.[Ir]. The van der Waals surface area contributed by atoms with E-state index in [1.807, 2.05) is 24.3 Å². The Hall–Kier alpha value is -3.36. The van der Waals surface area contributed by atoms with E-state index in [9.17, 15) is 4.79 Å². The Labute approximate surface area is 209 Å². The smallest absolute Gasteiger partial charge is 0.155 e. The minimum Gasteiger partial charge on any atom is -0.512 e. The van der Waals surface area contributed by atoms with Gasteiger partial charge in [0.15, 0.2) is 5.78 Å². The van der Waals surface area contributed by atoms with E-state index in [1.165, 1.54) is 45.5 Å². The predicted octanol–water partition coefficient (Wildman–Crippen LogP) is 6.98. The second-order valence-corrected chi connectivity index (χ2v) is 8.33. The van der Waals surface area contributed by atoms with Crippen LogP contribution in [0.4, 0.5) is 0 Å². The van der Waals surface area contributed by atoms with Gasteiger partial charge in [0, 0.05) is 63.5 Å². The second kappa shape index (κ2) is 10.5. The average molecular weight is 628 g/mol. The number of ketones is 1. The number of thiophene rings is 1. The molecular formula is C27H19IrN2O2S-. The quantitative estimate of drug-likeness (QED) is 0.130. The van der Waals surface area contributed by atoms with Gasteiger partial charge >= 0.3 is 0 Å². The van der Waals surface area contributed by atoms with Crippen LogP contribution in [-0.4, -0.2) is 15.9 Å². The van der Waals surface area contributed by atoms with Gasteiger partial charge in [0.25, 0.3) is 0 Å². The molecule has 0 saturated carbocycles. The number of carbonyl (C=O) groups is 1. The largest absolute Gasteiger partial charge is 0.512 e. The molecule has 33 heavy (non-hydrogen) atoms. The van der Waals surface area contributed by atoms with Gasteiger partial charge in [0.05, 0.1) is 11.3 Å². The molecule has 6 heteroatoms. The topological polar surface area (TPSA) is 74.0 Å². The summed E-state index contributed by atoms with van der Waals surface area (Å²) >= 11 is 1.76. The molecule has 4 nitrogen and oxygen atoms in total. The average Bonchev–Trinajstić information content (AvgIpc) is 3.18. The Morgan fingerprint density at radius 3 is 2.36 bits per heavy atom. The fourth-order valence-corrected chi connectivity index (χ4v) is 4.77. The van der Waals surface area contributed by atoms with E-state index < -0.39 is 0 Å². The number of nitrogens with zero attached hydrogens (tertiary/aromatic N) is 2. The number of pyridine rings is 1. The molecule has 0 aliphatic carbocycles. The van der Waals surface area contributed by atoms with Crippen molar-refractivity contribution in [1.29, 1.82) is 5.26 Å². The molecule has 0 fully saturated rings. The molecule has 0 spiro atoms. The van der Waals surface area contributed by atoms with Gasteiger partial charge in [0.1, 0.15) is 0 Å². The van der Waals surface area contributed by atoms with Gasteiger partial charge < -0.3 is 5.11 Å². The van der Waals surface area contributed by atoms with E-state index >= 15 is 0 Å². The maximum absolute atomic E-state index is 10.0. The summed E-state index contributed by atoms with van der Waals surface area (Å²) in [6, 6.07) is 27.6. The van der Waals surface area contributed by atoms with Crippen LogP contribution < -0.4 is 0 Å². The Morgan fingerprint density at radius 1 is 1.06 bits per heavy atom. The maximum Gasteiger partial charge on any atom is 0.155 e. The van der Waals surface area contributed by atoms with E-state index in [2.05, 4.69) is 48.5 Å². The molecular weight excluding hydrogens is 609 g/mol. The fourth-order valence-electron chi connectivity index (χ4n) is 3.55. The van der Waals surface area contributed by atoms with Crippen molar-refractivity contribution < 1.29 is 30.0 Å². The van der Waals surface area contributed by atoms with E-state index in [-0.39, 0.29) is 31.6 Å². The van der Waals surface area contributed by atoms with E-state index in [0.29, 0.717) is 5.56 Å². The molecule has 0 aliphatic rings. The first-order valence-corrected chi connectivity index (χ1v) is 10.8. The number of allylic oxidation sites excluding steroid dienone is 2. The van der Waals surface area contributed by atoms with E-state index in [4.69, 9.17) is 15.4 Å². The van der Waals surface area contributed by atoms with Gasteiger partial charge in [-0.15, -0.1) is 41.2 Å². The van der Waals surface area contributed by atoms with Gasteiger partial charge in [-0.2, -0.15) is 0 Å². The Bertz CT molecular complexity index is 1530. The minimum absolute atomic E-state index is 0. The number of aliphatic hydroxyl groups is 1. The zero-order valence-electron chi connectivity index (χ0n) is 17.9. The molecule has 3 aromatic carbocycles. The fraction of sp³-hybridized carbons (Fsp3) is 0.0741. The maximum atomic E-state index is 10.0. The van der Waals surface area contributed by atoms with E-state index in [1.54, 1.807) is 17.4 Å². The normalized spacial score (nSPS) is 10.9. The molecule has 0 bridgehead atoms. The molecule has 165 valence electrons. The van der Waals surface area contributed by atoms with Crippen molar-refractivity contribution in [1.82, 2.24) is 4.98 Å². The van der Waals surface area contributed by atoms with Gasteiger partial charge in [-0.1, -0.05) is 36.4 Å². The number of para-hydroxylation sites is 1. The van der Waals surface area contributed by atoms with Crippen LogP contribution in [-0.2, 0) is 24.9 Å². The Balaban J connectivity index is 0.000000337. The monoisotopic (exact) mass is 628 g/mol. The van der Waals surface area contributed by atoms with Crippen molar-refractivity contribution >= 4 is 48.2 Å². The standard InChI is InChI=1S/C22H11N2S.C5H8O2.Ir/c23-13-14-9-11-15(12-10-14)21-22-20(16-5-1-3-7-18(16)24-21)17-6-2-4-8-19(17)25-22;1-4(6)3-5(2)7;/h1-11H;3,6H,1-2H3;/q-1;;/b;4-3-;. The van der Waals surface area contributed by atoms with Crippen molar-refractivity contribution in [2.75, 3.05) is 0 Å². The Kier molecular flexibility index (Phi) is 7.73. The van der Waals surface area contributed by atoms with Crippen LogP contribution in [0.25, 0.3) is 42.3 Å². The third kappa shape index (κ3) is 5.18. The summed E-state index contributed by atoms with van der Waals surface area (Å²) in [5.41, 5.74) is 3.43. The first kappa shape index (κ1) is 24.3. The molecule has 0 amide bonds. The molecule has 1 N–H and O–H groups in total. The van der Waals surface area contributed by atoms with E-state index in [0.717, 1.165) is 16.8 Å². The number of hydrogen-bond acceptors (Lipinski definition) is 5. The number of aromatic nitrogens is 1. The van der Waals surface area contributed by atoms with Gasteiger partial charge in [-0.3, -0.25) is 9.78 Å². The molecule has 0 aliphatic heterocycles. The zero-order chi connectivity index (χ0) is 22.7. The Morgan fingerprint density at radius 2 is 1.76 bits per heavy atom. The zero-order valence-corrected chi connectivity index (χ0v) is 21.1. The summed E-state index contributed by atoms with van der Waals surface area (Å²) in [6.07, 6.45) is 1.17. The van der Waals surface area contributed by atoms with Gasteiger partial charge in [0.2, 0.25) is 0 Å². The molecule has 0 unspecified atom stereocenters. The summed E-state index contributed by atoms with van der Waals surface area (Å²) in [4.78, 5) is 14.9. The number of fused-ring (bicyclic) bond motifs is 5. The van der Waals surface area contributed by atoms with Crippen LogP contribution in [0.15, 0.2) is 78.6 Å². The number of benzene rings is 3. The van der Waals surface area contributed by atoms with Crippen LogP contribution in [0.1, 0.15) is 19.4 Å². The molecule has 1 radical (unpaired) electrons. The number of nitriles is 1. The first-order chi connectivity index (χ1) is 15.5. The third-order valence-corrected chi connectivity index (χ3v) is 6.00. The molecule has 0 saturated heterocycles. The van der Waals surface area contributed by atoms with Crippen LogP contribution >= 0.6 is 11.3 Å². The van der Waals surface area contributed by atoms with Crippen LogP contribution in [0, 0.1) is 17.4 Å². The summed E-state index contributed by atoms with van der Waals surface area (Å²) in [5, 5.41) is 21.1. The molecule has 0 atom stereocenters. The second-order valence-electron chi connectivity index (χ2n) is 7.28. The minimum atomic E-state index is -0.125. The van der Waals surface area contributed by atoms with Crippen LogP contribution in [0.5, 0.6) is 0 Å². The van der Waals surface area contributed by atoms with Crippen LogP contribution in [0.3, 0.4) is 0 Å². The van der Waals surface area contributed by atoms with Crippen molar-refractivity contribution in [2.24, 2.45) is 0 Å². The molecule has 5 rings (SSSR count). The number of carbonyl (C=O) groups excluding carboxylic acids is 1. The number of hydrogen-bond donors (Lipinski definition) is 1. The third-order valence-electron chi connectivity index (χ3n) is 4.83. The summed E-state index contributed by atoms with van der Waals surface area (Å²) in [6.45, 7) is 2.85. The molecule has 2 aromatic heterocycles.